The van der Waals surface area contributed by atoms with Crippen molar-refractivity contribution in [2.75, 3.05) is 6.54 Å². The van der Waals surface area contributed by atoms with Crippen molar-refractivity contribution in [3.8, 4) is 0 Å². The molecule has 0 bridgehead atoms. The van der Waals surface area contributed by atoms with Gasteiger partial charge in [0.25, 0.3) is 0 Å². The Morgan fingerprint density at radius 3 is 2.58 bits per heavy atom. The molecule has 1 rings (SSSR count). The molecule has 0 aliphatic rings. The molecule has 0 aliphatic carbocycles. The van der Waals surface area contributed by atoms with Crippen LogP contribution in [0.25, 0.3) is 0 Å². The molecular formula is C12H19N3O4. The molecule has 106 valence electrons. The van der Waals surface area contributed by atoms with Gasteiger partial charge in [-0.2, -0.15) is 0 Å². The Kier molecular flexibility index (Phi) is 4.52. The number of ether oxygens (including phenoxy) is 1. The zero-order chi connectivity index (χ0) is 14.6. The quantitative estimate of drug-likeness (QED) is 0.856. The van der Waals surface area contributed by atoms with Crippen molar-refractivity contribution in [3.63, 3.8) is 0 Å². The van der Waals surface area contributed by atoms with Crippen LogP contribution >= 0.6 is 0 Å². The minimum atomic E-state index is -1.03. The van der Waals surface area contributed by atoms with Gasteiger partial charge in [0.05, 0.1) is 6.20 Å². The van der Waals surface area contributed by atoms with Gasteiger partial charge in [-0.05, 0) is 20.8 Å². The van der Waals surface area contributed by atoms with Crippen molar-refractivity contribution in [2.24, 2.45) is 7.05 Å². The fourth-order valence-electron chi connectivity index (χ4n) is 1.47. The average molecular weight is 269 g/mol. The van der Waals surface area contributed by atoms with E-state index >= 15 is 0 Å². The predicted octanol–water partition coefficient (Wildman–Crippen LogP) is 1.19. The molecule has 0 fully saturated rings. The molecular weight excluding hydrogens is 250 g/mol. The van der Waals surface area contributed by atoms with Crippen LogP contribution in [0, 0.1) is 0 Å². The van der Waals surface area contributed by atoms with Crippen LogP contribution in [0.1, 0.15) is 37.1 Å². The summed E-state index contributed by atoms with van der Waals surface area (Å²) in [5.74, 6) is -0.435. The number of carboxylic acids is 1. The number of hydrogen-bond acceptors (Lipinski definition) is 4. The van der Waals surface area contributed by atoms with E-state index in [1.807, 2.05) is 0 Å². The van der Waals surface area contributed by atoms with Crippen LogP contribution in [0.15, 0.2) is 6.20 Å². The number of aromatic carboxylic acids is 1. The summed E-state index contributed by atoms with van der Waals surface area (Å²) < 4.78 is 6.56. The SMILES string of the molecule is Cn1c(C(=O)O)cnc1CCNC(=O)OC(C)(C)C. The predicted molar refractivity (Wildman–Crippen MR) is 68.1 cm³/mol. The molecule has 0 unspecified atom stereocenters. The molecule has 0 saturated carbocycles. The minimum Gasteiger partial charge on any atom is -0.477 e. The smallest absolute Gasteiger partial charge is 0.407 e. The van der Waals surface area contributed by atoms with Gasteiger partial charge in [0.2, 0.25) is 0 Å². The number of carbonyl (C=O) groups excluding carboxylic acids is 1. The molecule has 7 heteroatoms. The first-order valence-corrected chi connectivity index (χ1v) is 5.91. The van der Waals surface area contributed by atoms with Crippen LogP contribution < -0.4 is 5.32 Å². The Morgan fingerprint density at radius 2 is 2.11 bits per heavy atom. The van der Waals surface area contributed by atoms with E-state index in [1.54, 1.807) is 27.8 Å². The van der Waals surface area contributed by atoms with Gasteiger partial charge in [-0.15, -0.1) is 0 Å². The monoisotopic (exact) mass is 269 g/mol. The van der Waals surface area contributed by atoms with E-state index in [0.29, 0.717) is 18.8 Å². The van der Waals surface area contributed by atoms with Crippen LogP contribution in [0.3, 0.4) is 0 Å². The molecule has 1 amide bonds. The van der Waals surface area contributed by atoms with Gasteiger partial charge < -0.3 is 19.7 Å². The highest BCUT2D eigenvalue weighted by molar-refractivity contribution is 5.85. The molecule has 7 nitrogen and oxygen atoms in total. The molecule has 1 aromatic heterocycles. The van der Waals surface area contributed by atoms with Crippen LogP contribution in [0.4, 0.5) is 4.79 Å². The molecule has 0 saturated heterocycles. The summed E-state index contributed by atoms with van der Waals surface area (Å²) in [5, 5.41) is 11.5. The van der Waals surface area contributed by atoms with Crippen LogP contribution in [-0.4, -0.2) is 38.9 Å². The van der Waals surface area contributed by atoms with Crippen molar-refractivity contribution in [3.05, 3.63) is 17.7 Å². The number of hydrogen-bond donors (Lipinski definition) is 2. The first kappa shape index (κ1) is 15.0. The first-order valence-electron chi connectivity index (χ1n) is 5.91. The first-order chi connectivity index (χ1) is 8.70. The van der Waals surface area contributed by atoms with Gasteiger partial charge in [0.1, 0.15) is 17.1 Å². The lowest BCUT2D eigenvalue weighted by atomic mass is 10.2. The number of aromatic nitrogens is 2. The Bertz CT molecular complexity index is 474. The van der Waals surface area contributed by atoms with Gasteiger partial charge in [-0.3, -0.25) is 0 Å². The number of nitrogens with zero attached hydrogens (tertiary/aromatic N) is 2. The zero-order valence-corrected chi connectivity index (χ0v) is 11.6. The van der Waals surface area contributed by atoms with E-state index in [9.17, 15) is 9.59 Å². The summed E-state index contributed by atoms with van der Waals surface area (Å²) in [6, 6.07) is 0. The largest absolute Gasteiger partial charge is 0.477 e. The number of rotatable bonds is 4. The fraction of sp³-hybridized carbons (Fsp3) is 0.583. The van der Waals surface area contributed by atoms with Crippen molar-refractivity contribution in [2.45, 2.75) is 32.8 Å². The normalized spacial score (nSPS) is 11.2. The van der Waals surface area contributed by atoms with Crippen LogP contribution in [0.5, 0.6) is 0 Å². The second-order valence-corrected chi connectivity index (χ2v) is 5.10. The maximum atomic E-state index is 11.4. The second-order valence-electron chi connectivity index (χ2n) is 5.10. The highest BCUT2D eigenvalue weighted by Gasteiger charge is 2.16. The third kappa shape index (κ3) is 4.61. The lowest BCUT2D eigenvalue weighted by Gasteiger charge is -2.19. The molecule has 0 spiro atoms. The lowest BCUT2D eigenvalue weighted by molar-refractivity contribution is 0.0527. The molecule has 2 N–H and O–H groups in total. The van der Waals surface area contributed by atoms with E-state index in [2.05, 4.69) is 10.3 Å². The maximum absolute atomic E-state index is 11.4. The lowest BCUT2D eigenvalue weighted by Crippen LogP contribution is -2.33. The number of nitrogens with one attached hydrogen (secondary N) is 1. The molecule has 0 radical (unpaired) electrons. The highest BCUT2D eigenvalue weighted by Crippen LogP contribution is 2.07. The summed E-state index contributed by atoms with van der Waals surface area (Å²) in [6.07, 6.45) is 1.23. The third-order valence-electron chi connectivity index (χ3n) is 2.32. The molecule has 1 aromatic rings. The van der Waals surface area contributed by atoms with Gasteiger partial charge in [0, 0.05) is 20.0 Å². The Morgan fingerprint density at radius 1 is 1.47 bits per heavy atom. The van der Waals surface area contributed by atoms with Crippen molar-refractivity contribution in [1.82, 2.24) is 14.9 Å². The highest BCUT2D eigenvalue weighted by atomic mass is 16.6. The third-order valence-corrected chi connectivity index (χ3v) is 2.32. The maximum Gasteiger partial charge on any atom is 0.407 e. The van der Waals surface area contributed by atoms with Crippen molar-refractivity contribution >= 4 is 12.1 Å². The standard InChI is InChI=1S/C12H19N3O4/c1-12(2,3)19-11(18)13-6-5-9-14-7-8(10(16)17)15(9)4/h7H,5-6H2,1-4H3,(H,13,18)(H,16,17). The topological polar surface area (TPSA) is 93.5 Å². The van der Waals surface area contributed by atoms with Crippen LogP contribution in [0.2, 0.25) is 0 Å². The second kappa shape index (κ2) is 5.73. The average Bonchev–Trinajstić information content (AvgIpc) is 2.57. The van der Waals surface area contributed by atoms with Crippen molar-refractivity contribution < 1.29 is 19.4 Å². The van der Waals surface area contributed by atoms with Gasteiger partial charge in [-0.25, -0.2) is 14.6 Å². The molecule has 0 aromatic carbocycles. The van der Waals surface area contributed by atoms with Gasteiger partial charge >= 0.3 is 12.1 Å². The molecule has 1 heterocycles. The van der Waals surface area contributed by atoms with Crippen molar-refractivity contribution in [1.29, 1.82) is 0 Å². The minimum absolute atomic E-state index is 0.118. The van der Waals surface area contributed by atoms with E-state index < -0.39 is 17.7 Å². The van der Waals surface area contributed by atoms with Gasteiger partial charge in [-0.1, -0.05) is 0 Å². The van der Waals surface area contributed by atoms with E-state index in [4.69, 9.17) is 9.84 Å². The number of amides is 1. The van der Waals surface area contributed by atoms with Crippen LogP contribution in [-0.2, 0) is 18.2 Å². The Balaban J connectivity index is 2.46. The summed E-state index contributed by atoms with van der Waals surface area (Å²) in [4.78, 5) is 26.2. The molecule has 0 atom stereocenters. The molecule has 19 heavy (non-hydrogen) atoms. The molecule has 0 aliphatic heterocycles. The summed E-state index contributed by atoms with van der Waals surface area (Å²) in [6.45, 7) is 5.68. The van der Waals surface area contributed by atoms with E-state index in [-0.39, 0.29) is 5.69 Å². The Hall–Kier alpha value is -2.05. The van der Waals surface area contributed by atoms with Gasteiger partial charge in [0.15, 0.2) is 0 Å². The number of imidazole rings is 1. The summed E-state index contributed by atoms with van der Waals surface area (Å²) in [7, 11) is 1.62. The fourth-order valence-corrected chi connectivity index (χ4v) is 1.47. The van der Waals surface area contributed by atoms with E-state index in [0.717, 1.165) is 0 Å². The number of alkyl carbamates (subject to hydrolysis) is 1. The number of carboxylic acid groups (broad SMARTS) is 1. The summed E-state index contributed by atoms with van der Waals surface area (Å²) in [5.41, 5.74) is -0.420. The number of carbonyl (C=O) groups is 2. The Labute approximate surface area is 111 Å². The van der Waals surface area contributed by atoms with E-state index in [1.165, 1.54) is 10.8 Å². The zero-order valence-electron chi connectivity index (χ0n) is 11.6. The summed E-state index contributed by atoms with van der Waals surface area (Å²) >= 11 is 0.